The van der Waals surface area contributed by atoms with Gasteiger partial charge in [0.15, 0.2) is 0 Å². The van der Waals surface area contributed by atoms with Crippen molar-refractivity contribution in [2.75, 3.05) is 11.1 Å². The van der Waals surface area contributed by atoms with Crippen molar-refractivity contribution in [1.82, 2.24) is 14.5 Å². The predicted octanol–water partition coefficient (Wildman–Crippen LogP) is 1.32. The third-order valence-electron chi connectivity index (χ3n) is 2.49. The lowest BCUT2D eigenvalue weighted by Gasteiger charge is -2.07. The molecule has 2 rings (SSSR count). The summed E-state index contributed by atoms with van der Waals surface area (Å²) in [6.45, 7) is 2.57. The fourth-order valence-electron chi connectivity index (χ4n) is 1.37. The van der Waals surface area contributed by atoms with E-state index in [0.717, 1.165) is 22.9 Å². The zero-order chi connectivity index (χ0) is 11.5. The van der Waals surface area contributed by atoms with Crippen molar-refractivity contribution in [2.45, 2.75) is 13.5 Å². The van der Waals surface area contributed by atoms with Gasteiger partial charge in [0, 0.05) is 37.4 Å². The lowest BCUT2D eigenvalue weighted by molar-refractivity contribution is 0.811. The van der Waals surface area contributed by atoms with Crippen LogP contribution in [0.5, 0.6) is 0 Å². The van der Waals surface area contributed by atoms with E-state index < -0.39 is 0 Å². The number of nitrogen functional groups attached to an aromatic ring is 1. The van der Waals surface area contributed by atoms with Gasteiger partial charge in [0.05, 0.1) is 6.54 Å². The summed E-state index contributed by atoms with van der Waals surface area (Å²) in [5, 5.41) is 3.18. The van der Waals surface area contributed by atoms with Gasteiger partial charge < -0.3 is 15.6 Å². The maximum atomic E-state index is 5.80. The van der Waals surface area contributed by atoms with Gasteiger partial charge in [0.2, 0.25) is 0 Å². The van der Waals surface area contributed by atoms with E-state index in [4.69, 9.17) is 5.73 Å². The van der Waals surface area contributed by atoms with Gasteiger partial charge in [-0.2, -0.15) is 0 Å². The first-order valence-electron chi connectivity index (χ1n) is 5.09. The molecule has 0 aliphatic rings. The van der Waals surface area contributed by atoms with Crippen molar-refractivity contribution in [2.24, 2.45) is 7.05 Å². The maximum Gasteiger partial charge on any atom is 0.128 e. The van der Waals surface area contributed by atoms with Crippen LogP contribution in [-0.4, -0.2) is 14.5 Å². The molecule has 0 amide bonds. The van der Waals surface area contributed by atoms with E-state index in [1.165, 1.54) is 0 Å². The van der Waals surface area contributed by atoms with Gasteiger partial charge in [0.1, 0.15) is 11.6 Å². The summed E-state index contributed by atoms with van der Waals surface area (Å²) < 4.78 is 1.96. The number of nitrogens with two attached hydrogens (primary N) is 1. The standard InChI is InChI=1S/C11H15N5/c1-8-6-14-10(5-9(8)12)15-7-11-13-3-4-16(11)2/h3-6H,7H2,1-2H3,(H3,12,14,15). The molecule has 0 unspecified atom stereocenters. The van der Waals surface area contributed by atoms with Crippen LogP contribution in [0.2, 0.25) is 0 Å². The number of nitrogens with one attached hydrogen (secondary N) is 1. The van der Waals surface area contributed by atoms with Crippen LogP contribution in [0.1, 0.15) is 11.4 Å². The first kappa shape index (κ1) is 10.5. The van der Waals surface area contributed by atoms with Crippen LogP contribution in [0.4, 0.5) is 11.5 Å². The minimum Gasteiger partial charge on any atom is -0.398 e. The van der Waals surface area contributed by atoms with E-state index in [1.54, 1.807) is 12.4 Å². The van der Waals surface area contributed by atoms with Crippen molar-refractivity contribution >= 4 is 11.5 Å². The summed E-state index contributed by atoms with van der Waals surface area (Å²) in [7, 11) is 1.96. The van der Waals surface area contributed by atoms with E-state index in [0.29, 0.717) is 6.54 Å². The SMILES string of the molecule is Cc1cnc(NCc2nccn2C)cc1N. The number of aryl methyl sites for hydroxylation is 2. The fraction of sp³-hybridized carbons (Fsp3) is 0.273. The Kier molecular flexibility index (Phi) is 2.76. The van der Waals surface area contributed by atoms with E-state index in [-0.39, 0.29) is 0 Å². The predicted molar refractivity (Wildman–Crippen MR) is 63.9 cm³/mol. The Labute approximate surface area is 94.3 Å². The Balaban J connectivity index is 2.05. The van der Waals surface area contributed by atoms with E-state index in [2.05, 4.69) is 15.3 Å². The summed E-state index contributed by atoms with van der Waals surface area (Å²) in [6, 6.07) is 1.83. The van der Waals surface area contributed by atoms with Crippen molar-refractivity contribution in [3.63, 3.8) is 0 Å². The number of aromatic nitrogens is 3. The van der Waals surface area contributed by atoms with E-state index in [9.17, 15) is 0 Å². The van der Waals surface area contributed by atoms with Crippen molar-refractivity contribution < 1.29 is 0 Å². The van der Waals surface area contributed by atoms with Crippen molar-refractivity contribution in [3.8, 4) is 0 Å². The molecular weight excluding hydrogens is 202 g/mol. The molecule has 0 fully saturated rings. The molecule has 2 aromatic rings. The lowest BCUT2D eigenvalue weighted by atomic mass is 10.2. The third kappa shape index (κ3) is 2.13. The summed E-state index contributed by atoms with van der Waals surface area (Å²) in [5.41, 5.74) is 7.53. The second kappa shape index (κ2) is 4.22. The zero-order valence-electron chi connectivity index (χ0n) is 9.44. The van der Waals surface area contributed by atoms with E-state index >= 15 is 0 Å². The molecule has 5 heteroatoms. The first-order valence-corrected chi connectivity index (χ1v) is 5.09. The number of rotatable bonds is 3. The molecule has 0 radical (unpaired) electrons. The molecule has 0 aliphatic carbocycles. The largest absolute Gasteiger partial charge is 0.398 e. The Hall–Kier alpha value is -2.04. The number of hydrogen-bond acceptors (Lipinski definition) is 4. The van der Waals surface area contributed by atoms with Crippen LogP contribution in [0, 0.1) is 6.92 Å². The Morgan fingerprint density at radius 2 is 2.25 bits per heavy atom. The molecule has 0 saturated heterocycles. The molecule has 0 aromatic carbocycles. The summed E-state index contributed by atoms with van der Waals surface area (Å²) in [4.78, 5) is 8.45. The highest BCUT2D eigenvalue weighted by Crippen LogP contribution is 2.13. The van der Waals surface area contributed by atoms with Crippen LogP contribution in [0.25, 0.3) is 0 Å². The molecule has 2 aromatic heterocycles. The molecule has 0 spiro atoms. The summed E-state index contributed by atoms with van der Waals surface area (Å²) >= 11 is 0. The second-order valence-corrected chi connectivity index (χ2v) is 3.73. The minimum absolute atomic E-state index is 0.638. The average molecular weight is 217 g/mol. The van der Waals surface area contributed by atoms with Gasteiger partial charge in [-0.15, -0.1) is 0 Å². The molecule has 84 valence electrons. The van der Waals surface area contributed by atoms with E-state index in [1.807, 2.05) is 30.8 Å². The minimum atomic E-state index is 0.638. The number of pyridine rings is 1. The molecule has 2 heterocycles. The number of hydrogen-bond donors (Lipinski definition) is 2. The molecule has 0 saturated carbocycles. The zero-order valence-corrected chi connectivity index (χ0v) is 9.44. The van der Waals surface area contributed by atoms with Gasteiger partial charge in [0.25, 0.3) is 0 Å². The van der Waals surface area contributed by atoms with Gasteiger partial charge in [-0.25, -0.2) is 9.97 Å². The number of anilines is 2. The number of imidazole rings is 1. The smallest absolute Gasteiger partial charge is 0.128 e. The van der Waals surface area contributed by atoms with Crippen LogP contribution in [0.3, 0.4) is 0 Å². The maximum absolute atomic E-state index is 5.80. The highest BCUT2D eigenvalue weighted by Gasteiger charge is 2.01. The van der Waals surface area contributed by atoms with Crippen molar-refractivity contribution in [1.29, 1.82) is 0 Å². The summed E-state index contributed by atoms with van der Waals surface area (Å²) in [6.07, 6.45) is 5.44. The van der Waals surface area contributed by atoms with Crippen LogP contribution >= 0.6 is 0 Å². The van der Waals surface area contributed by atoms with Gasteiger partial charge in [-0.3, -0.25) is 0 Å². The molecule has 3 N–H and O–H groups in total. The van der Waals surface area contributed by atoms with Gasteiger partial charge in [-0.1, -0.05) is 0 Å². The van der Waals surface area contributed by atoms with Crippen LogP contribution in [0.15, 0.2) is 24.7 Å². The monoisotopic (exact) mass is 217 g/mol. The van der Waals surface area contributed by atoms with Crippen molar-refractivity contribution in [3.05, 3.63) is 36.0 Å². The molecule has 0 atom stereocenters. The fourth-order valence-corrected chi connectivity index (χ4v) is 1.37. The Morgan fingerprint density at radius 1 is 1.44 bits per heavy atom. The topological polar surface area (TPSA) is 68.8 Å². The molecule has 0 aliphatic heterocycles. The third-order valence-corrected chi connectivity index (χ3v) is 2.49. The number of nitrogens with zero attached hydrogens (tertiary/aromatic N) is 3. The molecule has 5 nitrogen and oxygen atoms in total. The van der Waals surface area contributed by atoms with Gasteiger partial charge >= 0.3 is 0 Å². The van der Waals surface area contributed by atoms with Crippen LogP contribution in [-0.2, 0) is 13.6 Å². The van der Waals surface area contributed by atoms with Gasteiger partial charge in [-0.05, 0) is 12.5 Å². The second-order valence-electron chi connectivity index (χ2n) is 3.73. The first-order chi connectivity index (χ1) is 7.66. The highest BCUT2D eigenvalue weighted by atomic mass is 15.1. The van der Waals surface area contributed by atoms with Crippen LogP contribution < -0.4 is 11.1 Å². The normalized spacial score (nSPS) is 10.4. The lowest BCUT2D eigenvalue weighted by Crippen LogP contribution is -2.07. The molecular formula is C11H15N5. The highest BCUT2D eigenvalue weighted by molar-refractivity contribution is 5.53. The molecule has 16 heavy (non-hydrogen) atoms. The Morgan fingerprint density at radius 3 is 2.88 bits per heavy atom. The average Bonchev–Trinajstić information content (AvgIpc) is 2.66. The summed E-state index contributed by atoms with van der Waals surface area (Å²) in [5.74, 6) is 1.73. The molecule has 0 bridgehead atoms. The quantitative estimate of drug-likeness (QED) is 0.813. The Bertz CT molecular complexity index is 489.